The van der Waals surface area contributed by atoms with Crippen molar-refractivity contribution >= 4 is 0 Å². The third-order valence-corrected chi connectivity index (χ3v) is 2.82. The van der Waals surface area contributed by atoms with Gasteiger partial charge in [0.15, 0.2) is 0 Å². The lowest BCUT2D eigenvalue weighted by Crippen LogP contribution is -2.23. The molecular weight excluding hydrogens is 206 g/mol. The van der Waals surface area contributed by atoms with Gasteiger partial charge in [-0.05, 0) is 36.9 Å². The van der Waals surface area contributed by atoms with Gasteiger partial charge in [-0.2, -0.15) is 0 Å². The number of aryl methyl sites for hydroxylation is 1. The Kier molecular flexibility index (Phi) is 6.64. The second-order valence-corrected chi connectivity index (χ2v) is 4.74. The maximum Gasteiger partial charge on any atom is 0.00105 e. The van der Waals surface area contributed by atoms with Crippen molar-refractivity contribution in [2.45, 2.75) is 46.1 Å². The summed E-state index contributed by atoms with van der Waals surface area (Å²) in [5.74, 6) is 0. The molecule has 0 aliphatic heterocycles. The third kappa shape index (κ3) is 6.28. The van der Waals surface area contributed by atoms with Crippen molar-refractivity contribution in [1.82, 2.24) is 5.32 Å². The zero-order valence-electron chi connectivity index (χ0n) is 11.4. The van der Waals surface area contributed by atoms with E-state index in [2.05, 4.69) is 62.5 Å². The van der Waals surface area contributed by atoms with Crippen LogP contribution in [0, 0.1) is 0 Å². The Morgan fingerprint density at radius 2 is 1.71 bits per heavy atom. The van der Waals surface area contributed by atoms with Gasteiger partial charge in [0.1, 0.15) is 0 Å². The van der Waals surface area contributed by atoms with E-state index in [1.165, 1.54) is 11.1 Å². The first-order valence-electron chi connectivity index (χ1n) is 6.68. The topological polar surface area (TPSA) is 12.0 Å². The van der Waals surface area contributed by atoms with Gasteiger partial charge < -0.3 is 5.32 Å². The van der Waals surface area contributed by atoms with E-state index in [1.807, 2.05) is 0 Å². The monoisotopic (exact) mass is 231 g/mol. The smallest absolute Gasteiger partial charge is 0.00105 e. The normalized spacial score (nSPS) is 11.5. The minimum Gasteiger partial charge on any atom is -0.314 e. The number of hydrogen-bond donors (Lipinski definition) is 1. The fraction of sp³-hybridized carbons (Fsp3) is 0.500. The highest BCUT2D eigenvalue weighted by Crippen LogP contribution is 2.06. The molecule has 0 amide bonds. The van der Waals surface area contributed by atoms with Gasteiger partial charge in [0.2, 0.25) is 0 Å². The quantitative estimate of drug-likeness (QED) is 0.557. The maximum absolute atomic E-state index is 3.41. The lowest BCUT2D eigenvalue weighted by molar-refractivity contribution is 0.594. The molecule has 0 spiro atoms. The number of allylic oxidation sites excluding steroid dienone is 1. The SMILES string of the molecule is CCc1ccc(CC=CCCNC(C)C)cc1. The molecule has 0 unspecified atom stereocenters. The van der Waals surface area contributed by atoms with Gasteiger partial charge in [-0.25, -0.2) is 0 Å². The van der Waals surface area contributed by atoms with E-state index >= 15 is 0 Å². The first-order valence-corrected chi connectivity index (χ1v) is 6.68. The highest BCUT2D eigenvalue weighted by molar-refractivity contribution is 5.24. The van der Waals surface area contributed by atoms with E-state index in [1.54, 1.807) is 0 Å². The number of nitrogens with one attached hydrogen (secondary N) is 1. The summed E-state index contributed by atoms with van der Waals surface area (Å²) >= 11 is 0. The molecular formula is C16H25N. The van der Waals surface area contributed by atoms with Crippen LogP contribution in [-0.4, -0.2) is 12.6 Å². The molecule has 0 aliphatic carbocycles. The van der Waals surface area contributed by atoms with E-state index in [-0.39, 0.29) is 0 Å². The molecule has 1 N–H and O–H groups in total. The lowest BCUT2D eigenvalue weighted by atomic mass is 10.1. The largest absolute Gasteiger partial charge is 0.314 e. The molecule has 0 saturated carbocycles. The van der Waals surface area contributed by atoms with Gasteiger partial charge >= 0.3 is 0 Å². The van der Waals surface area contributed by atoms with Gasteiger partial charge in [-0.1, -0.05) is 57.2 Å². The highest BCUT2D eigenvalue weighted by Gasteiger charge is 1.91. The summed E-state index contributed by atoms with van der Waals surface area (Å²) in [6.45, 7) is 7.62. The van der Waals surface area contributed by atoms with E-state index in [0.717, 1.165) is 25.8 Å². The van der Waals surface area contributed by atoms with Gasteiger partial charge in [0, 0.05) is 6.04 Å². The highest BCUT2D eigenvalue weighted by atomic mass is 14.9. The zero-order chi connectivity index (χ0) is 12.5. The van der Waals surface area contributed by atoms with Gasteiger partial charge in [-0.3, -0.25) is 0 Å². The second-order valence-electron chi connectivity index (χ2n) is 4.74. The number of hydrogen-bond acceptors (Lipinski definition) is 1. The molecule has 1 heteroatoms. The Hall–Kier alpha value is -1.08. The fourth-order valence-corrected chi connectivity index (χ4v) is 1.70. The maximum atomic E-state index is 3.41. The van der Waals surface area contributed by atoms with Gasteiger partial charge in [0.05, 0.1) is 0 Å². The molecule has 0 radical (unpaired) electrons. The third-order valence-electron chi connectivity index (χ3n) is 2.82. The average molecular weight is 231 g/mol. The predicted octanol–water partition coefficient (Wildman–Crippen LogP) is 3.74. The van der Waals surface area contributed by atoms with Crippen LogP contribution in [0.4, 0.5) is 0 Å². The lowest BCUT2D eigenvalue weighted by Gasteiger charge is -2.04. The van der Waals surface area contributed by atoms with Crippen LogP contribution in [0.15, 0.2) is 36.4 Å². The Morgan fingerprint density at radius 3 is 2.29 bits per heavy atom. The number of benzene rings is 1. The molecule has 0 saturated heterocycles. The van der Waals surface area contributed by atoms with E-state index in [0.29, 0.717) is 6.04 Å². The van der Waals surface area contributed by atoms with Gasteiger partial charge in [0.25, 0.3) is 0 Å². The van der Waals surface area contributed by atoms with Crippen molar-refractivity contribution in [3.05, 3.63) is 47.5 Å². The van der Waals surface area contributed by atoms with Crippen LogP contribution in [0.25, 0.3) is 0 Å². The molecule has 0 aliphatic rings. The summed E-state index contributed by atoms with van der Waals surface area (Å²) in [4.78, 5) is 0. The van der Waals surface area contributed by atoms with Crippen molar-refractivity contribution in [2.75, 3.05) is 6.54 Å². The molecule has 1 aromatic rings. The summed E-state index contributed by atoms with van der Waals surface area (Å²) in [6.07, 6.45) is 7.82. The Bertz CT molecular complexity index is 322. The van der Waals surface area contributed by atoms with Crippen LogP contribution in [0.2, 0.25) is 0 Å². The van der Waals surface area contributed by atoms with Crippen LogP contribution >= 0.6 is 0 Å². The molecule has 1 aromatic carbocycles. The summed E-state index contributed by atoms with van der Waals surface area (Å²) in [5, 5.41) is 3.41. The van der Waals surface area contributed by atoms with Crippen molar-refractivity contribution in [2.24, 2.45) is 0 Å². The summed E-state index contributed by atoms with van der Waals surface area (Å²) in [5.41, 5.74) is 2.81. The Balaban J connectivity index is 2.22. The molecule has 0 bridgehead atoms. The zero-order valence-corrected chi connectivity index (χ0v) is 11.4. The van der Waals surface area contributed by atoms with Crippen molar-refractivity contribution in [3.63, 3.8) is 0 Å². The van der Waals surface area contributed by atoms with E-state index in [4.69, 9.17) is 0 Å². The Morgan fingerprint density at radius 1 is 1.06 bits per heavy atom. The number of rotatable bonds is 7. The van der Waals surface area contributed by atoms with Crippen molar-refractivity contribution in [3.8, 4) is 0 Å². The van der Waals surface area contributed by atoms with Gasteiger partial charge in [-0.15, -0.1) is 0 Å². The summed E-state index contributed by atoms with van der Waals surface area (Å²) in [6, 6.07) is 9.50. The standard InChI is InChI=1S/C16H25N/c1-4-15-9-11-16(12-10-15)8-6-5-7-13-17-14(2)3/h5-6,9-12,14,17H,4,7-8,13H2,1-3H3. The first kappa shape index (κ1) is 14.0. The first-order chi connectivity index (χ1) is 8.22. The molecule has 1 nitrogen and oxygen atoms in total. The minimum atomic E-state index is 0.588. The van der Waals surface area contributed by atoms with E-state index in [9.17, 15) is 0 Å². The molecule has 0 atom stereocenters. The van der Waals surface area contributed by atoms with Crippen LogP contribution in [0.3, 0.4) is 0 Å². The molecule has 0 aromatic heterocycles. The van der Waals surface area contributed by atoms with Crippen molar-refractivity contribution in [1.29, 1.82) is 0 Å². The molecule has 17 heavy (non-hydrogen) atoms. The molecule has 94 valence electrons. The molecule has 0 heterocycles. The predicted molar refractivity (Wildman–Crippen MR) is 76.4 cm³/mol. The molecule has 1 rings (SSSR count). The van der Waals surface area contributed by atoms with Crippen LogP contribution in [0.5, 0.6) is 0 Å². The minimum absolute atomic E-state index is 0.588. The summed E-state index contributed by atoms with van der Waals surface area (Å²) in [7, 11) is 0. The fourth-order valence-electron chi connectivity index (χ4n) is 1.70. The average Bonchev–Trinajstić information content (AvgIpc) is 2.34. The van der Waals surface area contributed by atoms with Crippen LogP contribution in [-0.2, 0) is 12.8 Å². The van der Waals surface area contributed by atoms with E-state index < -0.39 is 0 Å². The summed E-state index contributed by atoms with van der Waals surface area (Å²) < 4.78 is 0. The van der Waals surface area contributed by atoms with Crippen LogP contribution in [0.1, 0.15) is 38.3 Å². The van der Waals surface area contributed by atoms with Crippen LogP contribution < -0.4 is 5.32 Å². The Labute approximate surface area is 106 Å². The second kappa shape index (κ2) is 8.08. The molecule has 0 fully saturated rings. The van der Waals surface area contributed by atoms with Crippen molar-refractivity contribution < 1.29 is 0 Å².